The summed E-state index contributed by atoms with van der Waals surface area (Å²) in [4.78, 5) is 22.0. The summed E-state index contributed by atoms with van der Waals surface area (Å²) in [6, 6.07) is 0. The fraction of sp³-hybridized carbons (Fsp3) is 0.895. The smallest absolute Gasteiger partial charge is 0.460 e. The van der Waals surface area contributed by atoms with Crippen LogP contribution in [0.3, 0.4) is 0 Å². The highest BCUT2D eigenvalue weighted by Gasteiger charge is 2.98. The molecule has 0 fully saturated rings. The molecule has 2 N–H and O–H groups in total. The van der Waals surface area contributed by atoms with E-state index in [0.29, 0.717) is 5.32 Å². The normalized spacial score (nSPS) is 15.7. The van der Waals surface area contributed by atoms with E-state index in [9.17, 15) is 102 Å². The van der Waals surface area contributed by atoms with Crippen LogP contribution < -0.4 is 5.32 Å². The number of aliphatic carboxylic acids is 1. The molecule has 0 radical (unpaired) electrons. The molecule has 0 saturated carbocycles. The highest BCUT2D eigenvalue weighted by Crippen LogP contribution is 2.66. The van der Waals surface area contributed by atoms with E-state index in [-0.39, 0.29) is 17.6 Å². The number of halogens is 21. The first-order chi connectivity index (χ1) is 19.3. The summed E-state index contributed by atoms with van der Waals surface area (Å²) in [7, 11) is 2.55. The van der Waals surface area contributed by atoms with Crippen molar-refractivity contribution in [1.82, 2.24) is 5.32 Å². The Kier molecular flexibility index (Phi) is 11.2. The number of hydrogen-bond donors (Lipinski definition) is 2. The number of carbonyl (C=O) groups is 2. The fourth-order valence-corrected chi connectivity index (χ4v) is 3.03. The molecule has 268 valence electrons. The molecule has 5 nitrogen and oxygen atoms in total. The number of rotatable bonds is 16. The van der Waals surface area contributed by atoms with Crippen molar-refractivity contribution in [3.63, 3.8) is 0 Å². The van der Waals surface area contributed by atoms with Crippen molar-refractivity contribution in [1.29, 1.82) is 0 Å². The Hall–Kier alpha value is -2.57. The van der Waals surface area contributed by atoms with Gasteiger partial charge in [-0.2, -0.15) is 92.2 Å². The van der Waals surface area contributed by atoms with Gasteiger partial charge < -0.3 is 14.9 Å². The lowest BCUT2D eigenvalue weighted by atomic mass is 9.86. The molecule has 1 amide bonds. The number of hydrogen-bond acceptors (Lipinski definition) is 2. The van der Waals surface area contributed by atoms with Crippen molar-refractivity contribution in [2.75, 3.05) is 33.7 Å². The van der Waals surface area contributed by atoms with Crippen LogP contribution in [0, 0.1) is 0 Å². The number of carbonyl (C=O) groups excluding carboxylic acids is 1. The third-order valence-electron chi connectivity index (χ3n) is 5.95. The van der Waals surface area contributed by atoms with Crippen LogP contribution in [0.25, 0.3) is 0 Å². The molecule has 0 unspecified atom stereocenters. The quantitative estimate of drug-likeness (QED) is 0.111. The predicted octanol–water partition coefficient (Wildman–Crippen LogP) is 6.32. The highest BCUT2D eigenvalue weighted by atomic mass is 19.4. The van der Waals surface area contributed by atoms with E-state index in [4.69, 9.17) is 5.11 Å². The third-order valence-corrected chi connectivity index (χ3v) is 5.95. The summed E-state index contributed by atoms with van der Waals surface area (Å²) in [6.07, 6.45) is -9.19. The van der Waals surface area contributed by atoms with Crippen LogP contribution in [0.4, 0.5) is 92.2 Å². The number of nitrogens with zero attached hydrogens (tertiary/aromatic N) is 1. The fourth-order valence-electron chi connectivity index (χ4n) is 3.03. The average Bonchev–Trinajstić information content (AvgIpc) is 2.83. The lowest BCUT2D eigenvalue weighted by molar-refractivity contribution is -0.889. The number of amides is 1. The van der Waals surface area contributed by atoms with E-state index >= 15 is 0 Å². The van der Waals surface area contributed by atoms with E-state index in [1.807, 2.05) is 0 Å². The summed E-state index contributed by atoms with van der Waals surface area (Å²) < 4.78 is 281. The first kappa shape index (κ1) is 42.4. The van der Waals surface area contributed by atoms with Crippen molar-refractivity contribution in [3.8, 4) is 0 Å². The second-order valence-corrected chi connectivity index (χ2v) is 9.80. The Balaban J connectivity index is 6.48. The van der Waals surface area contributed by atoms with E-state index in [0.717, 1.165) is 0 Å². The third kappa shape index (κ3) is 6.65. The van der Waals surface area contributed by atoms with Crippen LogP contribution in [0.15, 0.2) is 0 Å². The Morgan fingerprint density at radius 2 is 0.844 bits per heavy atom. The molecule has 0 saturated heterocycles. The lowest BCUT2D eigenvalue weighted by Crippen LogP contribution is -2.77. The zero-order valence-corrected chi connectivity index (χ0v) is 21.7. The minimum atomic E-state index is -9.29. The molecule has 0 aliphatic carbocycles. The van der Waals surface area contributed by atoms with Gasteiger partial charge in [0.1, 0.15) is 0 Å². The van der Waals surface area contributed by atoms with Gasteiger partial charge in [-0.3, -0.25) is 9.59 Å². The minimum absolute atomic E-state index is 0.198. The van der Waals surface area contributed by atoms with Crippen molar-refractivity contribution in [2.24, 2.45) is 0 Å². The average molecular weight is 721 g/mol. The summed E-state index contributed by atoms with van der Waals surface area (Å²) in [6.45, 7) is -1.79. The second-order valence-electron chi connectivity index (χ2n) is 9.80. The number of carboxylic acids is 1. The van der Waals surface area contributed by atoms with Crippen molar-refractivity contribution >= 4 is 11.9 Å². The van der Waals surface area contributed by atoms with Crippen LogP contribution in [-0.4, -0.2) is 115 Å². The van der Waals surface area contributed by atoms with Gasteiger partial charge in [-0.05, 0) is 0 Å². The Bertz CT molecular complexity index is 1080. The van der Waals surface area contributed by atoms with Crippen LogP contribution in [0.5, 0.6) is 0 Å². The van der Waals surface area contributed by atoms with E-state index in [2.05, 4.69) is 0 Å². The monoisotopic (exact) mass is 721 g/mol. The molecule has 0 aromatic carbocycles. The summed E-state index contributed by atoms with van der Waals surface area (Å²) in [5.41, 5.74) is 0. The standard InChI is InChI=1S/C19H17F21N2O3/c1-42(2,7-4-8(43)44)6-3-5-41-9(45)10(20,21)11(22,23)12(24,25)13(26,27)14(28,29)15(30,31)16(32,33)17(34,35)18(36,37)19(38,39)40/h3-7H2,1-2H3,(H-,41,43,44,45)/p+1. The van der Waals surface area contributed by atoms with Gasteiger partial charge in [0.05, 0.1) is 33.6 Å². The molecule has 0 spiro atoms. The van der Waals surface area contributed by atoms with Crippen LogP contribution >= 0.6 is 0 Å². The molecule has 0 atom stereocenters. The summed E-state index contributed by atoms with van der Waals surface area (Å²) in [5, 5.41) is 9.29. The molecule has 0 heterocycles. The first-order valence-electron chi connectivity index (χ1n) is 11.1. The highest BCUT2D eigenvalue weighted by molar-refractivity contribution is 5.84. The summed E-state index contributed by atoms with van der Waals surface area (Å²) >= 11 is 0. The number of alkyl halides is 21. The molecular formula is C19H18F21N2O3+. The van der Waals surface area contributed by atoms with E-state index in [1.54, 1.807) is 0 Å². The van der Waals surface area contributed by atoms with Crippen molar-refractivity contribution in [2.45, 2.75) is 72.3 Å². The molecule has 0 bridgehead atoms. The predicted molar refractivity (Wildman–Crippen MR) is 102 cm³/mol. The van der Waals surface area contributed by atoms with Gasteiger partial charge in [0.2, 0.25) is 0 Å². The Morgan fingerprint density at radius 1 is 0.533 bits per heavy atom. The zero-order chi connectivity index (χ0) is 36.9. The molecule has 45 heavy (non-hydrogen) atoms. The van der Waals surface area contributed by atoms with Gasteiger partial charge in [0, 0.05) is 13.0 Å². The Labute approximate surface area is 235 Å². The van der Waals surface area contributed by atoms with Gasteiger partial charge in [-0.15, -0.1) is 0 Å². The topological polar surface area (TPSA) is 66.4 Å². The van der Waals surface area contributed by atoms with Gasteiger partial charge >= 0.3 is 65.4 Å². The van der Waals surface area contributed by atoms with E-state index < -0.39 is 90.7 Å². The van der Waals surface area contributed by atoms with Crippen LogP contribution in [0.2, 0.25) is 0 Å². The second kappa shape index (κ2) is 11.9. The van der Waals surface area contributed by atoms with E-state index in [1.165, 1.54) is 14.1 Å². The van der Waals surface area contributed by atoms with Gasteiger partial charge in [0.25, 0.3) is 5.91 Å². The van der Waals surface area contributed by atoms with Crippen LogP contribution in [-0.2, 0) is 9.59 Å². The number of quaternary nitrogens is 1. The molecule has 26 heteroatoms. The number of carboxylic acid groups (broad SMARTS) is 1. The maximum Gasteiger partial charge on any atom is 0.460 e. The summed E-state index contributed by atoms with van der Waals surface area (Å²) in [5.74, 6) is -84.0. The Morgan fingerprint density at radius 3 is 1.16 bits per heavy atom. The SMILES string of the molecule is C[N+](C)(CCCNC(=O)C(F)(F)C(F)(F)C(F)(F)C(F)(F)C(F)(F)C(F)(F)C(F)(F)C(F)(F)C(F)(F)C(F)(F)F)CCC(=O)O. The van der Waals surface area contributed by atoms with Gasteiger partial charge in [0.15, 0.2) is 0 Å². The lowest BCUT2D eigenvalue weighted by Gasteiger charge is -2.44. The van der Waals surface area contributed by atoms with Crippen LogP contribution in [0.1, 0.15) is 12.8 Å². The van der Waals surface area contributed by atoms with Gasteiger partial charge in [-0.25, -0.2) is 0 Å². The molecule has 0 aromatic rings. The zero-order valence-electron chi connectivity index (χ0n) is 21.7. The van der Waals surface area contributed by atoms with Gasteiger partial charge in [-0.1, -0.05) is 0 Å². The molecule has 0 aliphatic heterocycles. The molecular weight excluding hydrogens is 703 g/mol. The maximum absolute atomic E-state index is 13.9. The molecule has 0 aromatic heterocycles. The molecule has 0 rings (SSSR count). The van der Waals surface area contributed by atoms with Crippen molar-refractivity contribution < 1.29 is 111 Å². The first-order valence-corrected chi connectivity index (χ1v) is 11.1. The number of nitrogens with one attached hydrogen (secondary N) is 1. The maximum atomic E-state index is 13.9. The van der Waals surface area contributed by atoms with Crippen molar-refractivity contribution in [3.05, 3.63) is 0 Å². The largest absolute Gasteiger partial charge is 0.481 e. The minimum Gasteiger partial charge on any atom is -0.481 e. The molecule has 0 aliphatic rings.